The predicted molar refractivity (Wildman–Crippen MR) is 149 cm³/mol. The highest BCUT2D eigenvalue weighted by Crippen LogP contribution is 2.34. The number of nitrogens with zero attached hydrogens (tertiary/aromatic N) is 5. The van der Waals surface area contributed by atoms with Crippen molar-refractivity contribution in [2.45, 2.75) is 51.3 Å². The number of carbonyl (C=O) groups is 1. The van der Waals surface area contributed by atoms with Crippen LogP contribution in [0.4, 0.5) is 30.6 Å². The number of benzene rings is 1. The molecule has 5 rings (SSSR count). The van der Waals surface area contributed by atoms with Crippen LogP contribution in [0.1, 0.15) is 41.4 Å². The minimum atomic E-state index is -4.88. The zero-order valence-electron chi connectivity index (χ0n) is 22.5. The van der Waals surface area contributed by atoms with Gasteiger partial charge < -0.3 is 15.0 Å². The summed E-state index contributed by atoms with van der Waals surface area (Å²) in [6, 6.07) is 7.03. The van der Waals surface area contributed by atoms with Gasteiger partial charge in [0.25, 0.3) is 5.91 Å². The van der Waals surface area contributed by atoms with Crippen LogP contribution in [0.15, 0.2) is 42.7 Å². The van der Waals surface area contributed by atoms with E-state index in [9.17, 15) is 26.4 Å². The van der Waals surface area contributed by atoms with Gasteiger partial charge in [0.1, 0.15) is 11.6 Å². The molecule has 0 spiro atoms. The number of hydrogen-bond donors (Lipinski definition) is 2. The van der Waals surface area contributed by atoms with Crippen molar-refractivity contribution in [3.63, 3.8) is 0 Å². The van der Waals surface area contributed by atoms with Crippen LogP contribution in [0.5, 0.6) is 5.75 Å². The molecule has 0 radical (unpaired) electrons. The van der Waals surface area contributed by atoms with Crippen LogP contribution in [-0.2, 0) is 23.1 Å². The van der Waals surface area contributed by atoms with Gasteiger partial charge in [-0.1, -0.05) is 11.6 Å². The van der Waals surface area contributed by atoms with Crippen LogP contribution >= 0.6 is 11.6 Å². The molecule has 3 aromatic rings. The molecule has 224 valence electrons. The Bertz CT molecular complexity index is 1610. The summed E-state index contributed by atoms with van der Waals surface area (Å²) in [6.45, 7) is 3.70. The molecule has 4 heterocycles. The minimum absolute atomic E-state index is 0.0687. The number of alkyl halides is 3. The Morgan fingerprint density at radius 1 is 1.17 bits per heavy atom. The van der Waals surface area contributed by atoms with Gasteiger partial charge in [-0.15, -0.1) is 13.2 Å². The maximum absolute atomic E-state index is 13.2. The summed E-state index contributed by atoms with van der Waals surface area (Å²) in [5.74, 6) is -0.416. The van der Waals surface area contributed by atoms with Crippen LogP contribution in [-0.4, -0.2) is 70.3 Å². The molecule has 2 N–H and O–H groups in total. The quantitative estimate of drug-likeness (QED) is 0.388. The fraction of sp³-hybridized carbons (Fsp3) is 0.385. The van der Waals surface area contributed by atoms with E-state index in [1.807, 2.05) is 6.92 Å². The third kappa shape index (κ3) is 7.20. The zero-order valence-corrected chi connectivity index (χ0v) is 24.1. The van der Waals surface area contributed by atoms with Crippen molar-refractivity contribution in [1.82, 2.24) is 24.8 Å². The van der Waals surface area contributed by atoms with E-state index in [0.717, 1.165) is 36.4 Å². The van der Waals surface area contributed by atoms with Crippen molar-refractivity contribution in [2.75, 3.05) is 22.8 Å². The first kappa shape index (κ1) is 29.8. The number of aromatic nitrogens is 3. The number of nitrogens with one attached hydrogen (secondary N) is 2. The van der Waals surface area contributed by atoms with Gasteiger partial charge in [-0.2, -0.15) is 0 Å². The molecule has 1 aromatic carbocycles. The largest absolute Gasteiger partial charge is 0.573 e. The number of halogens is 4. The summed E-state index contributed by atoms with van der Waals surface area (Å²) in [4.78, 5) is 30.2. The van der Waals surface area contributed by atoms with Gasteiger partial charge in [-0.05, 0) is 44.0 Å². The molecule has 0 aliphatic carbocycles. The predicted octanol–water partition coefficient (Wildman–Crippen LogP) is 4.55. The first-order valence-corrected chi connectivity index (χ1v) is 15.2. The second-order valence-electron chi connectivity index (χ2n) is 10.2. The van der Waals surface area contributed by atoms with E-state index in [-0.39, 0.29) is 40.5 Å². The molecule has 11 nitrogen and oxygen atoms in total. The van der Waals surface area contributed by atoms with Crippen LogP contribution in [0.25, 0.3) is 0 Å². The van der Waals surface area contributed by atoms with Crippen LogP contribution < -0.4 is 14.8 Å². The maximum atomic E-state index is 13.2. The van der Waals surface area contributed by atoms with Crippen molar-refractivity contribution >= 4 is 45.0 Å². The van der Waals surface area contributed by atoms with Gasteiger partial charge in [0.15, 0.2) is 0 Å². The van der Waals surface area contributed by atoms with Gasteiger partial charge in [0.05, 0.1) is 17.0 Å². The number of carbonyl (C=O) groups excluding carboxylic acids is 1. The van der Waals surface area contributed by atoms with E-state index in [4.69, 9.17) is 11.6 Å². The van der Waals surface area contributed by atoms with Gasteiger partial charge in [-0.25, -0.2) is 23.4 Å². The lowest BCUT2D eigenvalue weighted by atomic mass is 9.96. The smallest absolute Gasteiger partial charge is 0.404 e. The van der Waals surface area contributed by atoms with E-state index in [1.165, 1.54) is 24.4 Å². The lowest BCUT2D eigenvalue weighted by Crippen LogP contribution is -2.50. The van der Waals surface area contributed by atoms with Gasteiger partial charge in [0.2, 0.25) is 16.0 Å². The highest BCUT2D eigenvalue weighted by Gasteiger charge is 2.35. The highest BCUT2D eigenvalue weighted by molar-refractivity contribution is 7.92. The Balaban J connectivity index is 1.20. The van der Waals surface area contributed by atoms with Gasteiger partial charge in [0, 0.05) is 67.0 Å². The van der Waals surface area contributed by atoms with Crippen LogP contribution in [0.3, 0.4) is 0 Å². The van der Waals surface area contributed by atoms with E-state index in [0.29, 0.717) is 25.2 Å². The fourth-order valence-corrected chi connectivity index (χ4v) is 5.81. The monoisotopic (exact) mass is 625 g/mol. The molecule has 1 amide bonds. The Morgan fingerprint density at radius 2 is 1.95 bits per heavy atom. The summed E-state index contributed by atoms with van der Waals surface area (Å²) in [7, 11) is -3.53. The van der Waals surface area contributed by atoms with Crippen molar-refractivity contribution in [3.05, 3.63) is 64.6 Å². The van der Waals surface area contributed by atoms with Crippen molar-refractivity contribution in [2.24, 2.45) is 0 Å². The fourth-order valence-electron chi connectivity index (χ4n) is 5.17. The Morgan fingerprint density at radius 3 is 2.67 bits per heavy atom. The van der Waals surface area contributed by atoms with Crippen LogP contribution in [0.2, 0.25) is 5.02 Å². The Hall–Kier alpha value is -3.69. The molecule has 0 unspecified atom stereocenters. The summed E-state index contributed by atoms with van der Waals surface area (Å²) < 4.78 is 67.4. The lowest BCUT2D eigenvalue weighted by Gasteiger charge is -2.41. The molecular formula is C26H27ClF3N7O4S. The third-order valence-corrected chi connectivity index (χ3v) is 7.91. The summed E-state index contributed by atoms with van der Waals surface area (Å²) in [5, 5.41) is 2.72. The number of likely N-dealkylation sites (tertiary alicyclic amines) is 1. The molecule has 2 aliphatic rings. The molecule has 16 heteroatoms. The second kappa shape index (κ2) is 11.5. The van der Waals surface area contributed by atoms with Crippen molar-refractivity contribution < 1.29 is 31.1 Å². The highest BCUT2D eigenvalue weighted by atomic mass is 35.5. The summed E-state index contributed by atoms with van der Waals surface area (Å²) >= 11 is 5.83. The standard InChI is InChI=1S/C26H27ClF3N7O4S/c1-15-9-19(6-8-37(15)24(38)16-5-7-31-23(10-16)35-42(2,39)40)36-13-17-12-32-25(34-21(17)14-36)33-18-3-4-20(27)22(11-18)41-26(28,29)30/h3-5,7,10-12,15,19H,6,8-9,13-14H2,1-2H3,(H,31,35)(H,32,33,34)/t15-,19-/m1/s1. The summed E-state index contributed by atoms with van der Waals surface area (Å²) in [6.07, 6.45) is 0.686. The average molecular weight is 626 g/mol. The number of fused-ring (bicyclic) bond motifs is 1. The van der Waals surface area contributed by atoms with E-state index in [2.05, 4.69) is 34.6 Å². The first-order chi connectivity index (χ1) is 19.7. The summed E-state index contributed by atoms with van der Waals surface area (Å²) in [5.41, 5.74) is 2.39. The van der Waals surface area contributed by atoms with Crippen LogP contribution in [0, 0.1) is 0 Å². The second-order valence-corrected chi connectivity index (χ2v) is 12.4. The molecule has 1 fully saturated rings. The minimum Gasteiger partial charge on any atom is -0.404 e. The van der Waals surface area contributed by atoms with Gasteiger partial charge >= 0.3 is 6.36 Å². The number of hydrogen-bond acceptors (Lipinski definition) is 9. The number of piperidine rings is 1. The molecular weight excluding hydrogens is 599 g/mol. The number of sulfonamides is 1. The Labute approximate surface area is 245 Å². The number of amides is 1. The first-order valence-electron chi connectivity index (χ1n) is 12.9. The lowest BCUT2D eigenvalue weighted by molar-refractivity contribution is -0.274. The topological polar surface area (TPSA) is 130 Å². The van der Waals surface area contributed by atoms with E-state index >= 15 is 0 Å². The number of anilines is 3. The Kier molecular flexibility index (Phi) is 8.18. The van der Waals surface area contributed by atoms with Crippen molar-refractivity contribution in [1.29, 1.82) is 0 Å². The number of rotatable bonds is 7. The number of ether oxygens (including phenoxy) is 1. The van der Waals surface area contributed by atoms with Gasteiger partial charge in [-0.3, -0.25) is 14.4 Å². The molecule has 2 atom stereocenters. The van der Waals surface area contributed by atoms with Crippen molar-refractivity contribution in [3.8, 4) is 5.75 Å². The number of pyridine rings is 1. The maximum Gasteiger partial charge on any atom is 0.573 e. The molecule has 42 heavy (non-hydrogen) atoms. The zero-order chi connectivity index (χ0) is 30.2. The molecule has 2 aromatic heterocycles. The van der Waals surface area contributed by atoms with E-state index in [1.54, 1.807) is 17.2 Å². The molecule has 0 saturated carbocycles. The third-order valence-electron chi connectivity index (χ3n) is 7.02. The van der Waals surface area contributed by atoms with E-state index < -0.39 is 22.1 Å². The molecule has 1 saturated heterocycles. The molecule has 2 aliphatic heterocycles. The normalized spacial score (nSPS) is 19.3. The average Bonchev–Trinajstić information content (AvgIpc) is 3.32. The molecule has 0 bridgehead atoms. The SMILES string of the molecule is C[C@@H]1C[C@H](N2Cc3cnc(Nc4ccc(Cl)c(OC(F)(F)F)c4)nc3C2)CCN1C(=O)c1ccnc(NS(C)(=O)=O)c1.